The van der Waals surface area contributed by atoms with Crippen LogP contribution in [0, 0.1) is 18.6 Å². The van der Waals surface area contributed by atoms with Crippen molar-refractivity contribution in [2.75, 3.05) is 7.05 Å². The third-order valence-electron chi connectivity index (χ3n) is 3.39. The first-order valence-electron chi connectivity index (χ1n) is 6.14. The number of rotatable bonds is 3. The van der Waals surface area contributed by atoms with E-state index in [4.69, 9.17) is 0 Å². The highest BCUT2D eigenvalue weighted by Gasteiger charge is 2.22. The van der Waals surface area contributed by atoms with E-state index in [1.54, 1.807) is 20.9 Å². The Hall–Kier alpha value is -2.24. The van der Waals surface area contributed by atoms with Crippen molar-refractivity contribution in [1.82, 2.24) is 15.1 Å². The Morgan fingerprint density at radius 2 is 2.05 bits per heavy atom. The van der Waals surface area contributed by atoms with Crippen molar-refractivity contribution in [1.29, 1.82) is 0 Å². The molecule has 0 fully saturated rings. The zero-order valence-corrected chi connectivity index (χ0v) is 11.4. The van der Waals surface area contributed by atoms with Gasteiger partial charge in [0.25, 0.3) is 5.91 Å². The Balaban J connectivity index is 2.24. The maximum atomic E-state index is 13.2. The summed E-state index contributed by atoms with van der Waals surface area (Å²) in [5.74, 6) is -2.05. The van der Waals surface area contributed by atoms with Gasteiger partial charge in [0.15, 0.2) is 11.6 Å². The highest BCUT2D eigenvalue weighted by atomic mass is 19.2. The molecule has 1 unspecified atom stereocenters. The summed E-state index contributed by atoms with van der Waals surface area (Å²) >= 11 is 0. The van der Waals surface area contributed by atoms with Crippen molar-refractivity contribution in [2.24, 2.45) is 0 Å². The first-order valence-corrected chi connectivity index (χ1v) is 6.14. The summed E-state index contributed by atoms with van der Waals surface area (Å²) in [5, 5.41) is 6.49. The number of carbonyl (C=O) groups is 1. The molecule has 0 saturated carbocycles. The number of aromatic amines is 1. The third kappa shape index (κ3) is 2.54. The monoisotopic (exact) mass is 279 g/mol. The fourth-order valence-corrected chi connectivity index (χ4v) is 1.93. The fourth-order valence-electron chi connectivity index (χ4n) is 1.93. The number of amides is 1. The highest BCUT2D eigenvalue weighted by Crippen LogP contribution is 2.22. The maximum absolute atomic E-state index is 13.2. The molecule has 1 amide bonds. The molecule has 0 bridgehead atoms. The van der Waals surface area contributed by atoms with Crippen LogP contribution in [-0.4, -0.2) is 28.1 Å². The van der Waals surface area contributed by atoms with Crippen molar-refractivity contribution in [2.45, 2.75) is 19.9 Å². The smallest absolute Gasteiger partial charge is 0.257 e. The van der Waals surface area contributed by atoms with Crippen LogP contribution in [0.5, 0.6) is 0 Å². The summed E-state index contributed by atoms with van der Waals surface area (Å²) < 4.78 is 26.2. The zero-order chi connectivity index (χ0) is 14.9. The number of nitrogens with one attached hydrogen (secondary N) is 1. The van der Waals surface area contributed by atoms with Crippen LogP contribution < -0.4 is 0 Å². The second-order valence-electron chi connectivity index (χ2n) is 4.67. The number of carbonyl (C=O) groups excluding carboxylic acids is 1. The predicted molar refractivity (Wildman–Crippen MR) is 70.2 cm³/mol. The molecule has 2 rings (SSSR count). The van der Waals surface area contributed by atoms with Gasteiger partial charge in [0.2, 0.25) is 0 Å². The van der Waals surface area contributed by atoms with Gasteiger partial charge in [-0.25, -0.2) is 8.78 Å². The first-order chi connectivity index (χ1) is 9.41. The molecule has 6 heteroatoms. The van der Waals surface area contributed by atoms with E-state index in [1.165, 1.54) is 17.2 Å². The zero-order valence-electron chi connectivity index (χ0n) is 11.4. The van der Waals surface area contributed by atoms with E-state index in [2.05, 4.69) is 10.2 Å². The number of benzene rings is 1. The average molecular weight is 279 g/mol. The summed E-state index contributed by atoms with van der Waals surface area (Å²) in [5.41, 5.74) is 1.65. The van der Waals surface area contributed by atoms with Gasteiger partial charge in [0.05, 0.1) is 17.8 Å². The van der Waals surface area contributed by atoms with Gasteiger partial charge in [-0.1, -0.05) is 6.07 Å². The van der Waals surface area contributed by atoms with E-state index in [9.17, 15) is 13.6 Å². The van der Waals surface area contributed by atoms with Crippen LogP contribution in [-0.2, 0) is 0 Å². The number of halogens is 2. The second kappa shape index (κ2) is 5.40. The molecule has 0 aliphatic rings. The van der Waals surface area contributed by atoms with Crippen LogP contribution in [0.15, 0.2) is 24.4 Å². The van der Waals surface area contributed by atoms with Crippen molar-refractivity contribution >= 4 is 5.91 Å². The third-order valence-corrected chi connectivity index (χ3v) is 3.39. The largest absolute Gasteiger partial charge is 0.335 e. The number of aromatic nitrogens is 2. The minimum absolute atomic E-state index is 0.228. The molecular weight excluding hydrogens is 264 g/mol. The lowest BCUT2D eigenvalue weighted by atomic mass is 10.1. The molecule has 1 aromatic carbocycles. The first kappa shape index (κ1) is 14.2. The summed E-state index contributed by atoms with van der Waals surface area (Å²) in [6.07, 6.45) is 1.45. The molecule has 0 aliphatic heterocycles. The Morgan fingerprint density at radius 3 is 2.60 bits per heavy atom. The molecule has 0 aliphatic carbocycles. The molecule has 0 saturated heterocycles. The van der Waals surface area contributed by atoms with Crippen molar-refractivity contribution in [3.8, 4) is 0 Å². The summed E-state index contributed by atoms with van der Waals surface area (Å²) in [6.45, 7) is 3.50. The van der Waals surface area contributed by atoms with Gasteiger partial charge < -0.3 is 4.90 Å². The van der Waals surface area contributed by atoms with Crippen LogP contribution in [0.2, 0.25) is 0 Å². The second-order valence-corrected chi connectivity index (χ2v) is 4.67. The van der Waals surface area contributed by atoms with Crippen molar-refractivity contribution in [3.05, 3.63) is 52.9 Å². The van der Waals surface area contributed by atoms with Crippen LogP contribution in [0.1, 0.15) is 34.6 Å². The number of hydrogen-bond donors (Lipinski definition) is 1. The molecule has 1 aromatic heterocycles. The highest BCUT2D eigenvalue weighted by molar-refractivity contribution is 5.95. The van der Waals surface area contributed by atoms with Gasteiger partial charge in [-0.3, -0.25) is 9.89 Å². The lowest BCUT2D eigenvalue weighted by molar-refractivity contribution is 0.0741. The molecule has 1 atom stereocenters. The van der Waals surface area contributed by atoms with E-state index >= 15 is 0 Å². The summed E-state index contributed by atoms with van der Waals surface area (Å²) in [7, 11) is 1.61. The van der Waals surface area contributed by atoms with Gasteiger partial charge in [-0.15, -0.1) is 0 Å². The standard InChI is InChI=1S/C14H15F2N3O/c1-8-11(7-17-18-8)14(20)19(3)9(2)10-4-5-12(15)13(16)6-10/h4-7,9H,1-3H3,(H,17,18). The van der Waals surface area contributed by atoms with E-state index in [0.29, 0.717) is 16.8 Å². The van der Waals surface area contributed by atoms with Crippen LogP contribution >= 0.6 is 0 Å². The number of aryl methyl sites for hydroxylation is 1. The molecular formula is C14H15F2N3O. The van der Waals surface area contributed by atoms with Crippen LogP contribution in [0.3, 0.4) is 0 Å². The molecule has 4 nitrogen and oxygen atoms in total. The topological polar surface area (TPSA) is 49.0 Å². The molecule has 2 aromatic rings. The molecule has 106 valence electrons. The summed E-state index contributed by atoms with van der Waals surface area (Å²) in [6, 6.07) is 3.25. The molecule has 1 N–H and O–H groups in total. The van der Waals surface area contributed by atoms with E-state index in [-0.39, 0.29) is 11.9 Å². The molecule has 0 radical (unpaired) electrons. The number of H-pyrrole nitrogens is 1. The Bertz CT molecular complexity index is 639. The van der Waals surface area contributed by atoms with E-state index < -0.39 is 11.6 Å². The van der Waals surface area contributed by atoms with Gasteiger partial charge in [-0.2, -0.15) is 5.10 Å². The normalized spacial score (nSPS) is 12.2. The predicted octanol–water partition coefficient (Wildman–Crippen LogP) is 2.83. The van der Waals surface area contributed by atoms with Gasteiger partial charge in [0, 0.05) is 12.7 Å². The summed E-state index contributed by atoms with van der Waals surface area (Å²) in [4.78, 5) is 13.8. The van der Waals surface area contributed by atoms with Gasteiger partial charge in [-0.05, 0) is 31.5 Å². The van der Waals surface area contributed by atoms with E-state index in [0.717, 1.165) is 12.1 Å². The van der Waals surface area contributed by atoms with Crippen molar-refractivity contribution in [3.63, 3.8) is 0 Å². The molecule has 1 heterocycles. The van der Waals surface area contributed by atoms with E-state index in [1.807, 2.05) is 0 Å². The SMILES string of the molecule is Cc1[nH]ncc1C(=O)N(C)C(C)c1ccc(F)c(F)c1. The number of hydrogen-bond acceptors (Lipinski definition) is 2. The minimum atomic E-state index is -0.922. The molecule has 0 spiro atoms. The lowest BCUT2D eigenvalue weighted by Crippen LogP contribution is -2.30. The van der Waals surface area contributed by atoms with Crippen LogP contribution in [0.25, 0.3) is 0 Å². The minimum Gasteiger partial charge on any atom is -0.335 e. The lowest BCUT2D eigenvalue weighted by Gasteiger charge is -2.25. The Labute approximate surface area is 115 Å². The van der Waals surface area contributed by atoms with Crippen LogP contribution in [0.4, 0.5) is 8.78 Å². The van der Waals surface area contributed by atoms with Gasteiger partial charge >= 0.3 is 0 Å². The quantitative estimate of drug-likeness (QED) is 0.939. The number of nitrogens with zero attached hydrogens (tertiary/aromatic N) is 2. The Kier molecular flexibility index (Phi) is 3.83. The Morgan fingerprint density at radius 1 is 1.35 bits per heavy atom. The van der Waals surface area contributed by atoms with Gasteiger partial charge in [0.1, 0.15) is 0 Å². The maximum Gasteiger partial charge on any atom is 0.257 e. The fraction of sp³-hybridized carbons (Fsp3) is 0.286. The van der Waals surface area contributed by atoms with Crippen molar-refractivity contribution < 1.29 is 13.6 Å². The average Bonchev–Trinajstić information content (AvgIpc) is 2.85. The molecule has 20 heavy (non-hydrogen) atoms.